The number of esters is 1. The quantitative estimate of drug-likeness (QED) is 0.0660. The second-order valence-corrected chi connectivity index (χ2v) is 10.5. The van der Waals surface area contributed by atoms with Crippen molar-refractivity contribution in [3.8, 4) is 28.4 Å². The van der Waals surface area contributed by atoms with Crippen LogP contribution < -0.4 is 14.2 Å². The van der Waals surface area contributed by atoms with Crippen LogP contribution in [0.5, 0.6) is 17.2 Å². The van der Waals surface area contributed by atoms with Crippen molar-refractivity contribution in [3.05, 3.63) is 90.0 Å². The molecule has 0 unspecified atom stereocenters. The van der Waals surface area contributed by atoms with Gasteiger partial charge in [0.25, 0.3) is 0 Å². The molecule has 0 amide bonds. The first-order valence-electron chi connectivity index (χ1n) is 14.5. The van der Waals surface area contributed by atoms with Crippen molar-refractivity contribution in [2.75, 3.05) is 13.2 Å². The van der Waals surface area contributed by atoms with Crippen molar-refractivity contribution in [3.63, 3.8) is 0 Å². The standard InChI is InChI=1S/C34H36F4O4/c1-3-5-7-21-41-28-18-16-26(30(35)32(28)37)22-8-10-24(11-9-22)34(39)42-29-19-17-27(31(36)33(29)38)23-12-14-25(15-13-23)40-20-6-4-2/h3,12-19,22,24H,1,4-11,20-21H2,2H3. The first-order chi connectivity index (χ1) is 20.3. The van der Waals surface area contributed by atoms with Gasteiger partial charge in [-0.15, -0.1) is 6.58 Å². The van der Waals surface area contributed by atoms with Gasteiger partial charge in [0.15, 0.2) is 23.1 Å². The number of hydrogen-bond donors (Lipinski definition) is 0. The molecule has 0 bridgehead atoms. The van der Waals surface area contributed by atoms with E-state index >= 15 is 0 Å². The average molecular weight is 585 g/mol. The summed E-state index contributed by atoms with van der Waals surface area (Å²) in [6, 6.07) is 12.2. The van der Waals surface area contributed by atoms with Gasteiger partial charge < -0.3 is 14.2 Å². The lowest BCUT2D eigenvalue weighted by atomic mass is 9.78. The van der Waals surface area contributed by atoms with E-state index in [1.165, 1.54) is 24.3 Å². The summed E-state index contributed by atoms with van der Waals surface area (Å²) >= 11 is 0. The molecule has 1 fully saturated rings. The van der Waals surface area contributed by atoms with Crippen LogP contribution in [0.4, 0.5) is 17.6 Å². The molecule has 4 rings (SSSR count). The zero-order valence-electron chi connectivity index (χ0n) is 23.8. The Morgan fingerprint density at radius 2 is 1.48 bits per heavy atom. The summed E-state index contributed by atoms with van der Waals surface area (Å²) in [7, 11) is 0. The summed E-state index contributed by atoms with van der Waals surface area (Å²) in [6.07, 6.45) is 6.55. The first kappa shape index (κ1) is 31.1. The smallest absolute Gasteiger partial charge is 0.314 e. The number of halogens is 4. The minimum Gasteiger partial charge on any atom is -0.494 e. The van der Waals surface area contributed by atoms with Crippen LogP contribution in [-0.4, -0.2) is 19.2 Å². The van der Waals surface area contributed by atoms with Gasteiger partial charge in [-0.3, -0.25) is 4.79 Å². The van der Waals surface area contributed by atoms with E-state index in [9.17, 15) is 22.4 Å². The number of ether oxygens (including phenoxy) is 3. The minimum atomic E-state index is -1.25. The van der Waals surface area contributed by atoms with E-state index in [-0.39, 0.29) is 29.4 Å². The second kappa shape index (κ2) is 14.9. The Hall–Kier alpha value is -3.81. The lowest BCUT2D eigenvalue weighted by Crippen LogP contribution is -2.26. The molecule has 1 saturated carbocycles. The van der Waals surface area contributed by atoms with Crippen molar-refractivity contribution in [2.45, 2.75) is 64.2 Å². The number of hydrogen-bond acceptors (Lipinski definition) is 4. The highest BCUT2D eigenvalue weighted by Gasteiger charge is 2.31. The fourth-order valence-electron chi connectivity index (χ4n) is 5.11. The molecule has 4 nitrogen and oxygen atoms in total. The minimum absolute atomic E-state index is 0.0374. The van der Waals surface area contributed by atoms with Crippen molar-refractivity contribution in [1.82, 2.24) is 0 Å². The van der Waals surface area contributed by atoms with Gasteiger partial charge in [0.05, 0.1) is 19.1 Å². The highest BCUT2D eigenvalue weighted by atomic mass is 19.2. The lowest BCUT2D eigenvalue weighted by molar-refractivity contribution is -0.140. The number of allylic oxidation sites excluding steroid dienone is 1. The van der Waals surface area contributed by atoms with Gasteiger partial charge in [0.1, 0.15) is 5.75 Å². The van der Waals surface area contributed by atoms with Crippen LogP contribution in [0.2, 0.25) is 0 Å². The SMILES string of the molecule is C=CCCCOc1ccc(C2CCC(C(=O)Oc3ccc(-c4ccc(OCCCC)cc4)c(F)c3F)CC2)c(F)c1F. The maximum atomic E-state index is 15.0. The molecule has 0 aromatic heterocycles. The van der Waals surface area contributed by atoms with Crippen LogP contribution in [0, 0.1) is 29.2 Å². The molecule has 0 N–H and O–H groups in total. The topological polar surface area (TPSA) is 44.8 Å². The zero-order chi connectivity index (χ0) is 30.1. The highest BCUT2D eigenvalue weighted by Crippen LogP contribution is 2.40. The van der Waals surface area contributed by atoms with E-state index in [0.717, 1.165) is 12.8 Å². The molecule has 8 heteroatoms. The van der Waals surface area contributed by atoms with Crippen LogP contribution in [0.25, 0.3) is 11.1 Å². The van der Waals surface area contributed by atoms with Crippen LogP contribution >= 0.6 is 0 Å². The molecular formula is C34H36F4O4. The predicted molar refractivity (Wildman–Crippen MR) is 154 cm³/mol. The Morgan fingerprint density at radius 1 is 0.810 bits per heavy atom. The average Bonchev–Trinajstić information content (AvgIpc) is 3.00. The number of rotatable bonds is 13. The third kappa shape index (κ3) is 7.52. The molecule has 224 valence electrons. The molecule has 0 heterocycles. The molecule has 0 spiro atoms. The molecule has 0 atom stereocenters. The Kier molecular flexibility index (Phi) is 11.0. The maximum Gasteiger partial charge on any atom is 0.314 e. The molecule has 0 aliphatic heterocycles. The van der Waals surface area contributed by atoms with Gasteiger partial charge in [0, 0.05) is 5.56 Å². The molecule has 1 aliphatic rings. The fraction of sp³-hybridized carbons (Fsp3) is 0.382. The van der Waals surface area contributed by atoms with Gasteiger partial charge in [0.2, 0.25) is 11.6 Å². The molecule has 0 radical (unpaired) electrons. The molecule has 1 aliphatic carbocycles. The Balaban J connectivity index is 1.34. The predicted octanol–water partition coefficient (Wildman–Crippen LogP) is 9.31. The third-order valence-electron chi connectivity index (χ3n) is 7.58. The molecular weight excluding hydrogens is 548 g/mol. The van der Waals surface area contributed by atoms with Crippen LogP contribution in [-0.2, 0) is 4.79 Å². The largest absolute Gasteiger partial charge is 0.494 e. The van der Waals surface area contributed by atoms with E-state index in [0.29, 0.717) is 56.4 Å². The number of unbranched alkanes of at least 4 members (excludes halogenated alkanes) is 2. The lowest BCUT2D eigenvalue weighted by Gasteiger charge is -2.28. The number of carbonyl (C=O) groups excluding carboxylic acids is 1. The Bertz CT molecular complexity index is 1360. The normalized spacial score (nSPS) is 16.6. The molecule has 3 aromatic carbocycles. The molecule has 3 aromatic rings. The first-order valence-corrected chi connectivity index (χ1v) is 14.5. The van der Waals surface area contributed by atoms with Crippen LogP contribution in [0.1, 0.15) is 69.8 Å². The van der Waals surface area contributed by atoms with Crippen molar-refractivity contribution >= 4 is 5.97 Å². The van der Waals surface area contributed by atoms with Gasteiger partial charge >= 0.3 is 5.97 Å². The molecule has 42 heavy (non-hydrogen) atoms. The van der Waals surface area contributed by atoms with E-state index in [1.807, 2.05) is 0 Å². The van der Waals surface area contributed by atoms with Gasteiger partial charge in [-0.2, -0.15) is 8.78 Å². The summed E-state index contributed by atoms with van der Waals surface area (Å²) in [5.74, 6) is -5.84. The summed E-state index contributed by atoms with van der Waals surface area (Å²) < 4.78 is 75.5. The summed E-state index contributed by atoms with van der Waals surface area (Å²) in [5.41, 5.74) is 0.735. The zero-order valence-corrected chi connectivity index (χ0v) is 23.8. The van der Waals surface area contributed by atoms with Gasteiger partial charge in [-0.25, -0.2) is 8.78 Å². The van der Waals surface area contributed by atoms with Gasteiger partial charge in [-0.1, -0.05) is 37.6 Å². The summed E-state index contributed by atoms with van der Waals surface area (Å²) in [5, 5.41) is 0. The number of benzene rings is 3. The van der Waals surface area contributed by atoms with Crippen LogP contribution in [0.3, 0.4) is 0 Å². The summed E-state index contributed by atoms with van der Waals surface area (Å²) in [6.45, 7) is 6.51. The van der Waals surface area contributed by atoms with E-state index in [4.69, 9.17) is 14.2 Å². The summed E-state index contributed by atoms with van der Waals surface area (Å²) in [4.78, 5) is 12.8. The third-order valence-corrected chi connectivity index (χ3v) is 7.58. The number of carbonyl (C=O) groups is 1. The van der Waals surface area contributed by atoms with E-state index in [1.54, 1.807) is 30.3 Å². The van der Waals surface area contributed by atoms with Crippen molar-refractivity contribution in [2.24, 2.45) is 5.92 Å². The van der Waals surface area contributed by atoms with Crippen molar-refractivity contribution < 1.29 is 36.6 Å². The van der Waals surface area contributed by atoms with Crippen molar-refractivity contribution in [1.29, 1.82) is 0 Å². The maximum absolute atomic E-state index is 15.0. The Labute approximate surface area is 244 Å². The monoisotopic (exact) mass is 584 g/mol. The molecule has 0 saturated heterocycles. The second-order valence-electron chi connectivity index (χ2n) is 10.5. The fourth-order valence-corrected chi connectivity index (χ4v) is 5.11. The Morgan fingerprint density at radius 3 is 2.17 bits per heavy atom. The van der Waals surface area contributed by atoms with E-state index in [2.05, 4.69) is 13.5 Å². The van der Waals surface area contributed by atoms with E-state index < -0.39 is 40.9 Å². The van der Waals surface area contributed by atoms with Crippen LogP contribution in [0.15, 0.2) is 61.2 Å². The van der Waals surface area contributed by atoms with Gasteiger partial charge in [-0.05, 0) is 92.3 Å². The highest BCUT2D eigenvalue weighted by molar-refractivity contribution is 5.76.